The summed E-state index contributed by atoms with van der Waals surface area (Å²) in [5.74, 6) is 0.382. The molecule has 0 spiro atoms. The van der Waals surface area contributed by atoms with Crippen molar-refractivity contribution in [1.29, 1.82) is 0 Å². The molecule has 0 atom stereocenters. The third-order valence-electron chi connectivity index (χ3n) is 2.51. The third kappa shape index (κ3) is 3.73. The first-order valence-electron chi connectivity index (χ1n) is 5.21. The van der Waals surface area contributed by atoms with Crippen LogP contribution >= 0.6 is 0 Å². The zero-order valence-corrected chi connectivity index (χ0v) is 10.5. The van der Waals surface area contributed by atoms with Crippen molar-refractivity contribution in [3.63, 3.8) is 0 Å². The van der Waals surface area contributed by atoms with Gasteiger partial charge in [-0.1, -0.05) is 6.92 Å². The van der Waals surface area contributed by atoms with E-state index in [1.807, 2.05) is 24.1 Å². The Bertz CT molecular complexity index is 426. The fraction of sp³-hybridized carbons (Fsp3) is 0.455. The lowest BCUT2D eigenvalue weighted by molar-refractivity contribution is 0.596. The van der Waals surface area contributed by atoms with E-state index in [4.69, 9.17) is 5.73 Å². The number of nitrogen functional groups attached to an aromatic ring is 1. The van der Waals surface area contributed by atoms with Crippen LogP contribution in [0.2, 0.25) is 0 Å². The van der Waals surface area contributed by atoms with Gasteiger partial charge in [0.15, 0.2) is 9.84 Å². The lowest BCUT2D eigenvalue weighted by Crippen LogP contribution is -2.26. The van der Waals surface area contributed by atoms with Crippen LogP contribution in [-0.4, -0.2) is 33.5 Å². The molecule has 1 aromatic carbocycles. The van der Waals surface area contributed by atoms with Crippen LogP contribution < -0.4 is 10.6 Å². The zero-order valence-electron chi connectivity index (χ0n) is 9.68. The largest absolute Gasteiger partial charge is 0.399 e. The summed E-state index contributed by atoms with van der Waals surface area (Å²) >= 11 is 0. The summed E-state index contributed by atoms with van der Waals surface area (Å²) in [7, 11) is -1.03. The van der Waals surface area contributed by atoms with Gasteiger partial charge in [0.25, 0.3) is 0 Å². The van der Waals surface area contributed by atoms with E-state index < -0.39 is 9.84 Å². The highest BCUT2D eigenvalue weighted by atomic mass is 32.2. The lowest BCUT2D eigenvalue weighted by Gasteiger charge is -2.19. The molecule has 2 N–H and O–H groups in total. The van der Waals surface area contributed by atoms with E-state index in [-0.39, 0.29) is 11.5 Å². The van der Waals surface area contributed by atoms with Gasteiger partial charge in [-0.2, -0.15) is 0 Å². The van der Waals surface area contributed by atoms with E-state index in [9.17, 15) is 8.42 Å². The van der Waals surface area contributed by atoms with Crippen molar-refractivity contribution in [2.24, 2.45) is 0 Å². The summed E-state index contributed by atoms with van der Waals surface area (Å²) in [5, 5.41) is 0. The van der Waals surface area contributed by atoms with Gasteiger partial charge in [-0.15, -0.1) is 0 Å². The maximum Gasteiger partial charge on any atom is 0.151 e. The first-order valence-corrected chi connectivity index (χ1v) is 7.04. The standard InChI is InChI=1S/C11H18N2O2S/c1-3-16(14,15)9-8-13(2)11-6-4-10(12)5-7-11/h4-7H,3,8-9,12H2,1-2H3. The van der Waals surface area contributed by atoms with Crippen molar-refractivity contribution in [2.45, 2.75) is 6.92 Å². The molecule has 0 amide bonds. The molecule has 90 valence electrons. The van der Waals surface area contributed by atoms with Crippen molar-refractivity contribution in [1.82, 2.24) is 0 Å². The average Bonchev–Trinajstić information content (AvgIpc) is 2.27. The predicted molar refractivity (Wildman–Crippen MR) is 68.5 cm³/mol. The molecule has 0 aliphatic rings. The van der Waals surface area contributed by atoms with Gasteiger partial charge in [-0.05, 0) is 24.3 Å². The number of nitrogens with two attached hydrogens (primary N) is 1. The zero-order chi connectivity index (χ0) is 12.2. The molecule has 1 rings (SSSR count). The number of hydrogen-bond acceptors (Lipinski definition) is 4. The van der Waals surface area contributed by atoms with Gasteiger partial charge in [0.05, 0.1) is 5.75 Å². The number of anilines is 2. The van der Waals surface area contributed by atoms with Crippen molar-refractivity contribution in [3.05, 3.63) is 24.3 Å². The maximum absolute atomic E-state index is 11.3. The highest BCUT2D eigenvalue weighted by molar-refractivity contribution is 7.91. The topological polar surface area (TPSA) is 63.4 Å². The first-order chi connectivity index (χ1) is 7.44. The first kappa shape index (κ1) is 12.8. The molecule has 4 nitrogen and oxygen atoms in total. The minimum Gasteiger partial charge on any atom is -0.399 e. The maximum atomic E-state index is 11.3. The Morgan fingerprint density at radius 2 is 1.81 bits per heavy atom. The van der Waals surface area contributed by atoms with Gasteiger partial charge >= 0.3 is 0 Å². The molecule has 0 aromatic heterocycles. The molecular weight excluding hydrogens is 224 g/mol. The minimum atomic E-state index is -2.90. The predicted octanol–water partition coefficient (Wildman–Crippen LogP) is 1.14. The molecule has 0 fully saturated rings. The van der Waals surface area contributed by atoms with Crippen LogP contribution in [0.3, 0.4) is 0 Å². The quantitative estimate of drug-likeness (QED) is 0.786. The van der Waals surface area contributed by atoms with E-state index in [0.29, 0.717) is 12.2 Å². The Morgan fingerprint density at radius 1 is 1.25 bits per heavy atom. The average molecular weight is 242 g/mol. The fourth-order valence-corrected chi connectivity index (χ4v) is 2.12. The smallest absolute Gasteiger partial charge is 0.151 e. The van der Waals surface area contributed by atoms with E-state index in [1.54, 1.807) is 19.1 Å². The molecule has 5 heteroatoms. The molecule has 0 bridgehead atoms. The number of hydrogen-bond donors (Lipinski definition) is 1. The third-order valence-corrected chi connectivity index (χ3v) is 4.20. The molecule has 0 aliphatic heterocycles. The van der Waals surface area contributed by atoms with E-state index in [1.165, 1.54) is 0 Å². The number of rotatable bonds is 5. The Balaban J connectivity index is 2.59. The van der Waals surface area contributed by atoms with E-state index in [0.717, 1.165) is 5.69 Å². The summed E-state index contributed by atoms with van der Waals surface area (Å²) in [4.78, 5) is 1.91. The van der Waals surface area contributed by atoms with Gasteiger partial charge in [0.1, 0.15) is 0 Å². The van der Waals surface area contributed by atoms with Crippen molar-refractivity contribution < 1.29 is 8.42 Å². The molecule has 0 unspecified atom stereocenters. The number of sulfone groups is 1. The van der Waals surface area contributed by atoms with Crippen molar-refractivity contribution in [3.8, 4) is 0 Å². The van der Waals surface area contributed by atoms with E-state index >= 15 is 0 Å². The van der Waals surface area contributed by atoms with Gasteiger partial charge in [-0.25, -0.2) is 8.42 Å². The fourth-order valence-electron chi connectivity index (χ4n) is 1.28. The number of nitrogens with zero attached hydrogens (tertiary/aromatic N) is 1. The molecule has 0 saturated heterocycles. The second-order valence-corrected chi connectivity index (χ2v) is 6.22. The molecule has 0 saturated carbocycles. The van der Waals surface area contributed by atoms with Gasteiger partial charge in [0.2, 0.25) is 0 Å². The second-order valence-electron chi connectivity index (χ2n) is 3.75. The van der Waals surface area contributed by atoms with Crippen LogP contribution in [0.25, 0.3) is 0 Å². The highest BCUT2D eigenvalue weighted by Crippen LogP contribution is 2.14. The molecule has 0 heterocycles. The molecule has 1 aromatic rings. The van der Waals surface area contributed by atoms with Gasteiger partial charge in [-0.3, -0.25) is 0 Å². The summed E-state index contributed by atoms with van der Waals surface area (Å²) < 4.78 is 22.7. The Morgan fingerprint density at radius 3 is 2.31 bits per heavy atom. The van der Waals surface area contributed by atoms with Crippen LogP contribution in [0, 0.1) is 0 Å². The normalized spacial score (nSPS) is 11.4. The summed E-state index contributed by atoms with van der Waals surface area (Å²) in [6.07, 6.45) is 0. The lowest BCUT2D eigenvalue weighted by atomic mass is 10.2. The van der Waals surface area contributed by atoms with Crippen molar-refractivity contribution in [2.75, 3.05) is 35.7 Å². The minimum absolute atomic E-state index is 0.185. The van der Waals surface area contributed by atoms with Gasteiger partial charge < -0.3 is 10.6 Å². The van der Waals surface area contributed by atoms with Crippen LogP contribution in [0.1, 0.15) is 6.92 Å². The van der Waals surface area contributed by atoms with Crippen LogP contribution in [0.5, 0.6) is 0 Å². The van der Waals surface area contributed by atoms with Crippen molar-refractivity contribution >= 4 is 21.2 Å². The van der Waals surface area contributed by atoms with E-state index in [2.05, 4.69) is 0 Å². The molecule has 0 aliphatic carbocycles. The highest BCUT2D eigenvalue weighted by Gasteiger charge is 2.09. The van der Waals surface area contributed by atoms with Crippen LogP contribution in [0.15, 0.2) is 24.3 Å². The molecular formula is C11H18N2O2S. The molecule has 16 heavy (non-hydrogen) atoms. The van der Waals surface area contributed by atoms with Crippen LogP contribution in [-0.2, 0) is 9.84 Å². The summed E-state index contributed by atoms with van der Waals surface area (Å²) in [5.41, 5.74) is 7.26. The SMILES string of the molecule is CCS(=O)(=O)CCN(C)c1ccc(N)cc1. The van der Waals surface area contributed by atoms with Crippen LogP contribution in [0.4, 0.5) is 11.4 Å². The Labute approximate surface area is 97.0 Å². The number of benzene rings is 1. The Hall–Kier alpha value is -1.23. The second kappa shape index (κ2) is 5.21. The summed E-state index contributed by atoms with van der Waals surface area (Å²) in [6.45, 7) is 2.17. The summed E-state index contributed by atoms with van der Waals surface area (Å²) in [6, 6.07) is 7.38. The monoisotopic (exact) mass is 242 g/mol. The molecule has 0 radical (unpaired) electrons. The van der Waals surface area contributed by atoms with Gasteiger partial charge in [0, 0.05) is 30.7 Å². The Kier molecular flexibility index (Phi) is 4.18.